The molecule has 2 rings (SSSR count). The third-order valence-electron chi connectivity index (χ3n) is 3.56. The van der Waals surface area contributed by atoms with Gasteiger partial charge in [-0.3, -0.25) is 4.72 Å². The standard InChI is InChI=1S/C15H15N5O2S.C5H7F3.C2H4/c1-2-8-23(21,22)20-12-5-3-4-11(9-12)6-7-13-14(16)18-10-19-15(13)17;1-3-4(2)5(6,7)8;1-2/h2-5,8-10,20H,1H3,(H4,16,17,18,19);3H,1-2H3;1-2H2/b8-2+;4-3+;. The first kappa shape index (κ1) is 29.2. The Labute approximate surface area is 192 Å². The van der Waals surface area contributed by atoms with E-state index in [1.807, 2.05) is 0 Å². The van der Waals surface area contributed by atoms with Gasteiger partial charge in [0.2, 0.25) is 0 Å². The maximum atomic E-state index is 11.7. The second-order valence-corrected chi connectivity index (χ2v) is 7.50. The summed E-state index contributed by atoms with van der Waals surface area (Å²) in [7, 11) is -3.52. The lowest BCUT2D eigenvalue weighted by atomic mass is 10.2. The highest BCUT2D eigenvalue weighted by molar-refractivity contribution is 7.95. The molecule has 5 N–H and O–H groups in total. The molecular formula is C22H26F3N5O2S. The van der Waals surface area contributed by atoms with Crippen molar-refractivity contribution in [3.05, 3.63) is 78.0 Å². The molecule has 11 heteroatoms. The van der Waals surface area contributed by atoms with Gasteiger partial charge >= 0.3 is 6.18 Å². The van der Waals surface area contributed by atoms with Crippen LogP contribution in [0.25, 0.3) is 0 Å². The van der Waals surface area contributed by atoms with Crippen LogP contribution < -0.4 is 16.2 Å². The number of nitrogens with two attached hydrogens (primary N) is 2. The van der Waals surface area contributed by atoms with Crippen molar-refractivity contribution < 1.29 is 21.6 Å². The van der Waals surface area contributed by atoms with Gasteiger partial charge in [-0.1, -0.05) is 30.1 Å². The maximum Gasteiger partial charge on any atom is 0.412 e. The average molecular weight is 482 g/mol. The molecule has 0 spiro atoms. The van der Waals surface area contributed by atoms with Gasteiger partial charge in [-0.2, -0.15) is 13.2 Å². The molecule has 0 bridgehead atoms. The van der Waals surface area contributed by atoms with Gasteiger partial charge in [0.1, 0.15) is 23.5 Å². The molecule has 1 heterocycles. The van der Waals surface area contributed by atoms with E-state index in [1.54, 1.807) is 31.2 Å². The molecule has 0 fully saturated rings. The zero-order chi connectivity index (χ0) is 25.7. The first-order valence-corrected chi connectivity index (χ1v) is 10.8. The van der Waals surface area contributed by atoms with Crippen molar-refractivity contribution in [3.63, 3.8) is 0 Å². The summed E-state index contributed by atoms with van der Waals surface area (Å²) < 4.78 is 60.0. The third-order valence-corrected chi connectivity index (χ3v) is 4.71. The summed E-state index contributed by atoms with van der Waals surface area (Å²) in [4.78, 5) is 7.65. The minimum atomic E-state index is -4.13. The number of nitrogen functional groups attached to an aromatic ring is 2. The molecule has 0 aliphatic carbocycles. The number of nitrogens with one attached hydrogen (secondary N) is 1. The van der Waals surface area contributed by atoms with E-state index in [4.69, 9.17) is 11.5 Å². The third kappa shape index (κ3) is 10.9. The van der Waals surface area contributed by atoms with Gasteiger partial charge < -0.3 is 11.5 Å². The number of sulfonamides is 1. The average Bonchev–Trinajstić information content (AvgIpc) is 2.74. The first-order chi connectivity index (χ1) is 15.4. The van der Waals surface area contributed by atoms with Crippen molar-refractivity contribution in [2.75, 3.05) is 16.2 Å². The number of allylic oxidation sites excluding steroid dienone is 3. The second kappa shape index (κ2) is 13.6. The predicted octanol–water partition coefficient (Wildman–Crippen LogP) is 4.63. The molecule has 0 aliphatic rings. The Morgan fingerprint density at radius 2 is 1.70 bits per heavy atom. The molecule has 178 valence electrons. The minimum absolute atomic E-state index is 0.190. The monoisotopic (exact) mass is 481 g/mol. The van der Waals surface area contributed by atoms with E-state index >= 15 is 0 Å². The van der Waals surface area contributed by atoms with Crippen LogP contribution in [0.2, 0.25) is 0 Å². The molecule has 0 saturated carbocycles. The molecule has 1 aromatic heterocycles. The SMILES string of the molecule is C/C=C(\C)C(F)(F)F.C/C=C/S(=O)(=O)Nc1cccc(C#Cc2c(N)ncnc2N)c1.C=C. The number of halogens is 3. The topological polar surface area (TPSA) is 124 Å². The molecule has 0 aliphatic heterocycles. The number of aromatic nitrogens is 2. The minimum Gasteiger partial charge on any atom is -0.382 e. The van der Waals surface area contributed by atoms with E-state index < -0.39 is 21.8 Å². The Morgan fingerprint density at radius 1 is 1.12 bits per heavy atom. The van der Waals surface area contributed by atoms with Crippen molar-refractivity contribution >= 4 is 27.3 Å². The van der Waals surface area contributed by atoms with Crippen LogP contribution in [0.3, 0.4) is 0 Å². The van der Waals surface area contributed by atoms with Gasteiger partial charge in [0.15, 0.2) is 0 Å². The fourth-order valence-electron chi connectivity index (χ4n) is 1.88. The molecule has 33 heavy (non-hydrogen) atoms. The lowest BCUT2D eigenvalue weighted by Crippen LogP contribution is -2.08. The predicted molar refractivity (Wildman–Crippen MR) is 127 cm³/mol. The molecule has 0 radical (unpaired) electrons. The number of hydrogen-bond donors (Lipinski definition) is 3. The fraction of sp³-hybridized carbons (Fsp3) is 0.182. The zero-order valence-electron chi connectivity index (χ0n) is 18.4. The molecule has 0 unspecified atom stereocenters. The Bertz CT molecular complexity index is 1130. The number of hydrogen-bond acceptors (Lipinski definition) is 6. The Morgan fingerprint density at radius 3 is 2.15 bits per heavy atom. The second-order valence-electron chi connectivity index (χ2n) is 5.94. The van der Waals surface area contributed by atoms with E-state index in [0.29, 0.717) is 16.8 Å². The maximum absolute atomic E-state index is 11.7. The summed E-state index contributed by atoms with van der Waals surface area (Å²) in [5, 5.41) is 1.08. The van der Waals surface area contributed by atoms with E-state index in [0.717, 1.165) is 18.4 Å². The summed E-state index contributed by atoms with van der Waals surface area (Å²) in [5.74, 6) is 6.03. The number of nitrogens with zero attached hydrogens (tertiary/aromatic N) is 2. The Kier molecular flexibility index (Phi) is 12.0. The van der Waals surface area contributed by atoms with E-state index in [-0.39, 0.29) is 11.6 Å². The summed E-state index contributed by atoms with van der Waals surface area (Å²) in [6.07, 6.45) is -0.395. The number of anilines is 3. The number of alkyl halides is 3. The van der Waals surface area contributed by atoms with Gasteiger partial charge in [-0.25, -0.2) is 18.4 Å². The molecule has 0 atom stereocenters. The van der Waals surface area contributed by atoms with E-state index in [9.17, 15) is 21.6 Å². The van der Waals surface area contributed by atoms with Gasteiger partial charge in [0.25, 0.3) is 10.0 Å². The van der Waals surface area contributed by atoms with Crippen molar-refractivity contribution in [2.45, 2.75) is 26.9 Å². The van der Waals surface area contributed by atoms with Crippen LogP contribution >= 0.6 is 0 Å². The number of rotatable bonds is 3. The summed E-state index contributed by atoms with van der Waals surface area (Å²) in [6.45, 7) is 10.0. The van der Waals surface area contributed by atoms with E-state index in [2.05, 4.69) is 39.7 Å². The normalized spacial score (nSPS) is 11.3. The molecule has 7 nitrogen and oxygen atoms in total. The molecule has 1 aromatic carbocycles. The zero-order valence-corrected chi connectivity index (χ0v) is 19.3. The quantitative estimate of drug-likeness (QED) is 0.434. The largest absolute Gasteiger partial charge is 0.412 e. The van der Waals surface area contributed by atoms with Gasteiger partial charge in [0.05, 0.1) is 5.69 Å². The molecule has 0 amide bonds. The molecular weight excluding hydrogens is 455 g/mol. The fourth-order valence-corrected chi connectivity index (χ4v) is 2.76. The van der Waals surface area contributed by atoms with E-state index in [1.165, 1.54) is 19.3 Å². The smallest absolute Gasteiger partial charge is 0.382 e. The van der Waals surface area contributed by atoms with Crippen LogP contribution in [0.1, 0.15) is 31.9 Å². The lowest BCUT2D eigenvalue weighted by molar-refractivity contribution is -0.0914. The van der Waals surface area contributed by atoms with Crippen molar-refractivity contribution in [2.24, 2.45) is 0 Å². The highest BCUT2D eigenvalue weighted by Crippen LogP contribution is 2.24. The summed E-state index contributed by atoms with van der Waals surface area (Å²) in [5.41, 5.74) is 12.2. The van der Waals surface area contributed by atoms with Gasteiger partial charge in [-0.05, 0) is 39.0 Å². The highest BCUT2D eigenvalue weighted by Gasteiger charge is 2.28. The van der Waals surface area contributed by atoms with Gasteiger partial charge in [0, 0.05) is 16.5 Å². The first-order valence-electron chi connectivity index (χ1n) is 9.23. The van der Waals surface area contributed by atoms with Crippen LogP contribution in [0, 0.1) is 11.8 Å². The highest BCUT2D eigenvalue weighted by atomic mass is 32.2. The van der Waals surface area contributed by atoms with Crippen molar-refractivity contribution in [1.29, 1.82) is 0 Å². The summed E-state index contributed by atoms with van der Waals surface area (Å²) in [6, 6.07) is 6.65. The van der Waals surface area contributed by atoms with Crippen LogP contribution in [-0.2, 0) is 10.0 Å². The molecule has 2 aromatic rings. The number of benzene rings is 1. The van der Waals surface area contributed by atoms with Crippen LogP contribution in [0.4, 0.5) is 30.5 Å². The van der Waals surface area contributed by atoms with Crippen LogP contribution in [-0.4, -0.2) is 24.6 Å². The Balaban J connectivity index is 0.000000868. The van der Waals surface area contributed by atoms with Crippen molar-refractivity contribution in [1.82, 2.24) is 9.97 Å². The van der Waals surface area contributed by atoms with Crippen LogP contribution in [0.5, 0.6) is 0 Å². The lowest BCUT2D eigenvalue weighted by Gasteiger charge is -2.04. The van der Waals surface area contributed by atoms with Gasteiger partial charge in [-0.15, -0.1) is 13.2 Å². The van der Waals surface area contributed by atoms with Crippen molar-refractivity contribution in [3.8, 4) is 11.8 Å². The summed E-state index contributed by atoms with van der Waals surface area (Å²) >= 11 is 0. The van der Waals surface area contributed by atoms with Crippen LogP contribution in [0.15, 0.2) is 66.9 Å². The Hall–Kier alpha value is -3.78. The molecule has 0 saturated heterocycles.